The molecule has 0 spiro atoms. The minimum atomic E-state index is 0. The Kier molecular flexibility index (Phi) is 3.51. The van der Waals surface area contributed by atoms with Gasteiger partial charge < -0.3 is 11.9 Å². The van der Waals surface area contributed by atoms with E-state index in [0.717, 1.165) is 12.1 Å². The highest BCUT2D eigenvalue weighted by atomic mass is 14.5. The SMILES string of the molecule is CCc1ccc(N)cc1.N. The lowest BCUT2D eigenvalue weighted by molar-refractivity contribution is 1.14. The Bertz CT molecular complexity index is 179. The molecule has 0 radical (unpaired) electrons. The second-order valence-electron chi connectivity index (χ2n) is 2.10. The maximum atomic E-state index is 5.48. The molecule has 0 aliphatic carbocycles. The molecule has 0 heterocycles. The highest BCUT2D eigenvalue weighted by Gasteiger charge is 1.85. The van der Waals surface area contributed by atoms with Crippen LogP contribution < -0.4 is 11.9 Å². The van der Waals surface area contributed by atoms with Gasteiger partial charge in [0, 0.05) is 5.69 Å². The van der Waals surface area contributed by atoms with Gasteiger partial charge in [-0.05, 0) is 24.1 Å². The fourth-order valence-corrected chi connectivity index (χ4v) is 0.753. The predicted molar refractivity (Wildman–Crippen MR) is 45.3 cm³/mol. The molecule has 0 atom stereocenters. The largest absolute Gasteiger partial charge is 0.399 e. The van der Waals surface area contributed by atoms with Crippen molar-refractivity contribution in [2.75, 3.05) is 5.73 Å². The summed E-state index contributed by atoms with van der Waals surface area (Å²) in [4.78, 5) is 0. The number of nitrogen functional groups attached to an aromatic ring is 1. The molecule has 0 unspecified atom stereocenters. The lowest BCUT2D eigenvalue weighted by Crippen LogP contribution is -1.84. The van der Waals surface area contributed by atoms with E-state index in [2.05, 4.69) is 19.1 Å². The molecule has 0 bridgehead atoms. The smallest absolute Gasteiger partial charge is 0.0314 e. The average Bonchev–Trinajstić information content (AvgIpc) is 1.90. The van der Waals surface area contributed by atoms with E-state index >= 15 is 0 Å². The third kappa shape index (κ3) is 2.07. The van der Waals surface area contributed by atoms with Crippen LogP contribution in [0.3, 0.4) is 0 Å². The number of anilines is 1. The summed E-state index contributed by atoms with van der Waals surface area (Å²) in [5, 5.41) is 0. The third-order valence-corrected chi connectivity index (χ3v) is 1.39. The summed E-state index contributed by atoms with van der Waals surface area (Å²) in [5.41, 5.74) is 7.66. The van der Waals surface area contributed by atoms with Gasteiger partial charge in [-0.1, -0.05) is 19.1 Å². The molecule has 1 aromatic carbocycles. The number of nitrogens with two attached hydrogens (primary N) is 1. The summed E-state index contributed by atoms with van der Waals surface area (Å²) in [6.07, 6.45) is 1.08. The first-order valence-electron chi connectivity index (χ1n) is 3.17. The number of hydrogen-bond donors (Lipinski definition) is 2. The second kappa shape index (κ2) is 3.90. The van der Waals surface area contributed by atoms with Crippen molar-refractivity contribution in [3.05, 3.63) is 29.8 Å². The van der Waals surface area contributed by atoms with Crippen LogP contribution in [-0.4, -0.2) is 0 Å². The molecule has 2 nitrogen and oxygen atoms in total. The maximum Gasteiger partial charge on any atom is 0.0314 e. The summed E-state index contributed by atoms with van der Waals surface area (Å²) in [6, 6.07) is 7.96. The van der Waals surface area contributed by atoms with Gasteiger partial charge in [0.15, 0.2) is 0 Å². The van der Waals surface area contributed by atoms with Crippen LogP contribution in [-0.2, 0) is 6.42 Å². The molecule has 0 fully saturated rings. The fourth-order valence-electron chi connectivity index (χ4n) is 0.753. The van der Waals surface area contributed by atoms with Crippen LogP contribution in [0.2, 0.25) is 0 Å². The summed E-state index contributed by atoms with van der Waals surface area (Å²) in [5.74, 6) is 0. The topological polar surface area (TPSA) is 61.0 Å². The van der Waals surface area contributed by atoms with Gasteiger partial charge in [-0.25, -0.2) is 0 Å². The standard InChI is InChI=1S/C8H11N.H3N/c1-2-7-3-5-8(9)6-4-7;/h3-6H,2,9H2,1H3;1H3. The number of rotatable bonds is 1. The number of hydrogen-bond acceptors (Lipinski definition) is 2. The van der Waals surface area contributed by atoms with Crippen LogP contribution in [0, 0.1) is 0 Å². The highest BCUT2D eigenvalue weighted by Crippen LogP contribution is 2.04. The van der Waals surface area contributed by atoms with Crippen LogP contribution in [0.4, 0.5) is 5.69 Å². The number of aryl methyl sites for hydroxylation is 1. The first kappa shape index (κ1) is 8.98. The van der Waals surface area contributed by atoms with Crippen molar-refractivity contribution in [1.29, 1.82) is 0 Å². The zero-order chi connectivity index (χ0) is 6.69. The third-order valence-electron chi connectivity index (χ3n) is 1.39. The molecule has 10 heavy (non-hydrogen) atoms. The molecule has 0 saturated heterocycles. The van der Waals surface area contributed by atoms with E-state index in [0.29, 0.717) is 0 Å². The van der Waals surface area contributed by atoms with Crippen molar-refractivity contribution in [3.63, 3.8) is 0 Å². The van der Waals surface area contributed by atoms with Crippen molar-refractivity contribution in [2.45, 2.75) is 13.3 Å². The molecule has 1 aromatic rings. The predicted octanol–water partition coefficient (Wildman–Crippen LogP) is 1.99. The summed E-state index contributed by atoms with van der Waals surface area (Å²) < 4.78 is 0. The van der Waals surface area contributed by atoms with Crippen LogP contribution >= 0.6 is 0 Å². The summed E-state index contributed by atoms with van der Waals surface area (Å²) in [7, 11) is 0. The van der Waals surface area contributed by atoms with Gasteiger partial charge in [0.2, 0.25) is 0 Å². The quantitative estimate of drug-likeness (QED) is 0.583. The molecule has 2 heteroatoms. The van der Waals surface area contributed by atoms with E-state index in [1.54, 1.807) is 0 Å². The first-order valence-corrected chi connectivity index (χ1v) is 3.17. The van der Waals surface area contributed by atoms with Gasteiger partial charge in [-0.2, -0.15) is 0 Å². The lowest BCUT2D eigenvalue weighted by Gasteiger charge is -1.94. The van der Waals surface area contributed by atoms with Gasteiger partial charge in [0.25, 0.3) is 0 Å². The Hall–Kier alpha value is -1.02. The normalized spacial score (nSPS) is 8.50. The molecule has 56 valence electrons. The van der Waals surface area contributed by atoms with E-state index < -0.39 is 0 Å². The van der Waals surface area contributed by atoms with E-state index in [9.17, 15) is 0 Å². The average molecular weight is 138 g/mol. The first-order chi connectivity index (χ1) is 4.33. The van der Waals surface area contributed by atoms with Crippen LogP contribution in [0.25, 0.3) is 0 Å². The molecule has 1 rings (SSSR count). The van der Waals surface area contributed by atoms with Gasteiger partial charge in [-0.15, -0.1) is 0 Å². The van der Waals surface area contributed by atoms with Crippen molar-refractivity contribution >= 4 is 5.69 Å². The Balaban J connectivity index is 0.000000810. The molecule has 0 aliphatic heterocycles. The van der Waals surface area contributed by atoms with Gasteiger partial charge in [0.1, 0.15) is 0 Å². The monoisotopic (exact) mass is 138 g/mol. The van der Waals surface area contributed by atoms with E-state index in [1.165, 1.54) is 5.56 Å². The van der Waals surface area contributed by atoms with E-state index in [1.807, 2.05) is 12.1 Å². The van der Waals surface area contributed by atoms with Crippen molar-refractivity contribution in [3.8, 4) is 0 Å². The van der Waals surface area contributed by atoms with Crippen LogP contribution in [0.15, 0.2) is 24.3 Å². The summed E-state index contributed by atoms with van der Waals surface area (Å²) in [6.45, 7) is 2.13. The molecular formula is C8H14N2. The van der Waals surface area contributed by atoms with Crippen LogP contribution in [0.5, 0.6) is 0 Å². The molecule has 0 saturated carbocycles. The highest BCUT2D eigenvalue weighted by molar-refractivity contribution is 5.39. The lowest BCUT2D eigenvalue weighted by atomic mass is 10.2. The molecule has 0 aliphatic rings. The van der Waals surface area contributed by atoms with E-state index in [-0.39, 0.29) is 6.15 Å². The Morgan fingerprint density at radius 3 is 2.10 bits per heavy atom. The summed E-state index contributed by atoms with van der Waals surface area (Å²) >= 11 is 0. The zero-order valence-electron chi connectivity index (χ0n) is 6.30. The Morgan fingerprint density at radius 2 is 1.70 bits per heavy atom. The molecule has 0 amide bonds. The zero-order valence-corrected chi connectivity index (χ0v) is 6.30. The second-order valence-corrected chi connectivity index (χ2v) is 2.10. The fraction of sp³-hybridized carbons (Fsp3) is 0.250. The maximum absolute atomic E-state index is 5.48. The Morgan fingerprint density at radius 1 is 1.20 bits per heavy atom. The minimum Gasteiger partial charge on any atom is -0.399 e. The van der Waals surface area contributed by atoms with Crippen LogP contribution in [0.1, 0.15) is 12.5 Å². The van der Waals surface area contributed by atoms with Crippen molar-refractivity contribution in [1.82, 2.24) is 6.15 Å². The number of benzene rings is 1. The van der Waals surface area contributed by atoms with E-state index in [4.69, 9.17) is 5.73 Å². The Labute approximate surface area is 61.6 Å². The molecular weight excluding hydrogens is 124 g/mol. The van der Waals surface area contributed by atoms with Gasteiger partial charge in [-0.3, -0.25) is 0 Å². The van der Waals surface area contributed by atoms with Gasteiger partial charge in [0.05, 0.1) is 0 Å². The molecule has 0 aromatic heterocycles. The molecule has 5 N–H and O–H groups in total. The van der Waals surface area contributed by atoms with Crippen molar-refractivity contribution in [2.24, 2.45) is 0 Å². The minimum absolute atomic E-state index is 0. The van der Waals surface area contributed by atoms with Crippen molar-refractivity contribution < 1.29 is 0 Å². The van der Waals surface area contributed by atoms with Gasteiger partial charge >= 0.3 is 0 Å².